The van der Waals surface area contributed by atoms with E-state index in [0.717, 1.165) is 26.2 Å². The Hall–Kier alpha value is -0.120. The molecule has 0 spiro atoms. The van der Waals surface area contributed by atoms with Crippen LogP contribution in [0.4, 0.5) is 0 Å². The summed E-state index contributed by atoms with van der Waals surface area (Å²) in [7, 11) is 0. The zero-order chi connectivity index (χ0) is 9.68. The van der Waals surface area contributed by atoms with Gasteiger partial charge in [-0.1, -0.05) is 0 Å². The summed E-state index contributed by atoms with van der Waals surface area (Å²) in [5, 5.41) is 3.50. The molecule has 0 bridgehead atoms. The molecule has 3 atom stereocenters. The minimum Gasteiger partial charge on any atom is -0.381 e. The van der Waals surface area contributed by atoms with Crippen molar-refractivity contribution in [3.05, 3.63) is 0 Å². The van der Waals surface area contributed by atoms with Crippen LogP contribution in [0.1, 0.15) is 26.7 Å². The van der Waals surface area contributed by atoms with Crippen LogP contribution in [0, 0.1) is 5.92 Å². The van der Waals surface area contributed by atoms with Gasteiger partial charge in [0.1, 0.15) is 0 Å². The van der Waals surface area contributed by atoms with E-state index in [0.29, 0.717) is 18.0 Å². The SMILES string of the molecule is CC(N)CCNC(C)C1CCOC1. The van der Waals surface area contributed by atoms with Gasteiger partial charge in [-0.15, -0.1) is 0 Å². The van der Waals surface area contributed by atoms with Crippen molar-refractivity contribution < 1.29 is 4.74 Å². The molecule has 1 heterocycles. The van der Waals surface area contributed by atoms with Gasteiger partial charge in [0.25, 0.3) is 0 Å². The van der Waals surface area contributed by atoms with Crippen molar-refractivity contribution >= 4 is 0 Å². The maximum atomic E-state index is 5.67. The fraction of sp³-hybridized carbons (Fsp3) is 1.00. The molecule has 1 saturated heterocycles. The van der Waals surface area contributed by atoms with Crippen molar-refractivity contribution in [1.29, 1.82) is 0 Å². The van der Waals surface area contributed by atoms with E-state index in [4.69, 9.17) is 10.5 Å². The third kappa shape index (κ3) is 4.07. The molecule has 3 nitrogen and oxygen atoms in total. The third-order valence-electron chi connectivity index (χ3n) is 2.74. The highest BCUT2D eigenvalue weighted by molar-refractivity contribution is 4.75. The number of nitrogens with one attached hydrogen (secondary N) is 1. The average molecular weight is 186 g/mol. The van der Waals surface area contributed by atoms with E-state index in [2.05, 4.69) is 12.2 Å². The van der Waals surface area contributed by atoms with Gasteiger partial charge >= 0.3 is 0 Å². The highest BCUT2D eigenvalue weighted by Gasteiger charge is 2.21. The van der Waals surface area contributed by atoms with Crippen molar-refractivity contribution in [2.24, 2.45) is 11.7 Å². The van der Waals surface area contributed by atoms with Gasteiger partial charge in [0.2, 0.25) is 0 Å². The number of rotatable bonds is 5. The van der Waals surface area contributed by atoms with Gasteiger partial charge in [0.05, 0.1) is 6.61 Å². The number of nitrogens with two attached hydrogens (primary N) is 1. The molecular weight excluding hydrogens is 164 g/mol. The number of ether oxygens (including phenoxy) is 1. The monoisotopic (exact) mass is 186 g/mol. The van der Waals surface area contributed by atoms with E-state index >= 15 is 0 Å². The summed E-state index contributed by atoms with van der Waals surface area (Å²) in [4.78, 5) is 0. The van der Waals surface area contributed by atoms with Gasteiger partial charge in [0.15, 0.2) is 0 Å². The van der Waals surface area contributed by atoms with Gasteiger partial charge in [0, 0.05) is 18.7 Å². The molecule has 3 heteroatoms. The molecule has 0 aromatic heterocycles. The molecular formula is C10H22N2O. The first kappa shape index (κ1) is 11.0. The van der Waals surface area contributed by atoms with Gasteiger partial charge in [-0.25, -0.2) is 0 Å². The molecule has 0 aromatic rings. The maximum Gasteiger partial charge on any atom is 0.0509 e. The first-order valence-corrected chi connectivity index (χ1v) is 5.27. The smallest absolute Gasteiger partial charge is 0.0509 e. The number of hydrogen-bond donors (Lipinski definition) is 2. The van der Waals surface area contributed by atoms with Gasteiger partial charge in [-0.2, -0.15) is 0 Å². The van der Waals surface area contributed by atoms with Crippen LogP contribution >= 0.6 is 0 Å². The Morgan fingerprint density at radius 3 is 2.85 bits per heavy atom. The minimum atomic E-state index is 0.305. The number of hydrogen-bond acceptors (Lipinski definition) is 3. The Labute approximate surface area is 81.0 Å². The lowest BCUT2D eigenvalue weighted by Crippen LogP contribution is -2.36. The van der Waals surface area contributed by atoms with Gasteiger partial charge in [-0.05, 0) is 39.2 Å². The highest BCUT2D eigenvalue weighted by Crippen LogP contribution is 2.16. The van der Waals surface area contributed by atoms with Crippen molar-refractivity contribution in [2.75, 3.05) is 19.8 Å². The van der Waals surface area contributed by atoms with Crippen molar-refractivity contribution in [3.8, 4) is 0 Å². The Bertz CT molecular complexity index is 133. The Balaban J connectivity index is 2.06. The Morgan fingerprint density at radius 2 is 2.31 bits per heavy atom. The van der Waals surface area contributed by atoms with E-state index < -0.39 is 0 Å². The Kier molecular flexibility index (Phi) is 4.70. The summed E-state index contributed by atoms with van der Waals surface area (Å²) in [6.45, 7) is 7.16. The average Bonchev–Trinajstić information content (AvgIpc) is 2.55. The van der Waals surface area contributed by atoms with Crippen LogP contribution in [0.3, 0.4) is 0 Å². The molecule has 0 aromatic carbocycles. The summed E-state index contributed by atoms with van der Waals surface area (Å²) < 4.78 is 5.34. The predicted molar refractivity (Wildman–Crippen MR) is 54.7 cm³/mol. The second kappa shape index (κ2) is 5.58. The lowest BCUT2D eigenvalue weighted by Gasteiger charge is -2.19. The minimum absolute atomic E-state index is 0.305. The molecule has 0 saturated carbocycles. The molecule has 3 unspecified atom stereocenters. The molecule has 0 aliphatic carbocycles. The zero-order valence-electron chi connectivity index (χ0n) is 8.75. The normalized spacial score (nSPS) is 27.5. The lowest BCUT2D eigenvalue weighted by atomic mass is 10.0. The van der Waals surface area contributed by atoms with Crippen LogP contribution in [0.25, 0.3) is 0 Å². The van der Waals surface area contributed by atoms with Crippen LogP contribution in [0.5, 0.6) is 0 Å². The maximum absolute atomic E-state index is 5.67. The topological polar surface area (TPSA) is 47.3 Å². The molecule has 0 radical (unpaired) electrons. The fourth-order valence-electron chi connectivity index (χ4n) is 1.65. The summed E-state index contributed by atoms with van der Waals surface area (Å²) in [5.74, 6) is 0.702. The molecule has 78 valence electrons. The molecule has 1 fully saturated rings. The zero-order valence-corrected chi connectivity index (χ0v) is 8.75. The van der Waals surface area contributed by atoms with E-state index in [9.17, 15) is 0 Å². The second-order valence-corrected chi connectivity index (χ2v) is 4.13. The fourth-order valence-corrected chi connectivity index (χ4v) is 1.65. The van der Waals surface area contributed by atoms with Gasteiger partial charge < -0.3 is 15.8 Å². The Morgan fingerprint density at radius 1 is 1.54 bits per heavy atom. The van der Waals surface area contributed by atoms with Gasteiger partial charge in [-0.3, -0.25) is 0 Å². The molecule has 13 heavy (non-hydrogen) atoms. The quantitative estimate of drug-likeness (QED) is 0.665. The standard InChI is InChI=1S/C10H22N2O/c1-8(11)3-5-12-9(2)10-4-6-13-7-10/h8-10,12H,3-7,11H2,1-2H3. The van der Waals surface area contributed by atoms with Crippen molar-refractivity contribution in [3.63, 3.8) is 0 Å². The van der Waals surface area contributed by atoms with Crippen molar-refractivity contribution in [2.45, 2.75) is 38.8 Å². The largest absolute Gasteiger partial charge is 0.381 e. The third-order valence-corrected chi connectivity index (χ3v) is 2.74. The second-order valence-electron chi connectivity index (χ2n) is 4.13. The lowest BCUT2D eigenvalue weighted by molar-refractivity contribution is 0.178. The molecule has 1 rings (SSSR count). The summed E-state index contributed by atoms with van der Waals surface area (Å²) >= 11 is 0. The van der Waals surface area contributed by atoms with Crippen LogP contribution in [0.15, 0.2) is 0 Å². The van der Waals surface area contributed by atoms with Crippen molar-refractivity contribution in [1.82, 2.24) is 5.32 Å². The van der Waals surface area contributed by atoms with E-state index in [-0.39, 0.29) is 0 Å². The summed E-state index contributed by atoms with van der Waals surface area (Å²) in [6, 6.07) is 0.876. The van der Waals surface area contributed by atoms with Crippen LogP contribution < -0.4 is 11.1 Å². The first-order chi connectivity index (χ1) is 6.20. The predicted octanol–water partition coefficient (Wildman–Crippen LogP) is 0.738. The molecule has 3 N–H and O–H groups in total. The van der Waals surface area contributed by atoms with E-state index in [1.165, 1.54) is 6.42 Å². The van der Waals surface area contributed by atoms with Crippen LogP contribution in [-0.2, 0) is 4.74 Å². The highest BCUT2D eigenvalue weighted by atomic mass is 16.5. The van der Waals surface area contributed by atoms with E-state index in [1.807, 2.05) is 6.92 Å². The van der Waals surface area contributed by atoms with Crippen LogP contribution in [0.2, 0.25) is 0 Å². The van der Waals surface area contributed by atoms with Crippen LogP contribution in [-0.4, -0.2) is 31.8 Å². The van der Waals surface area contributed by atoms with E-state index in [1.54, 1.807) is 0 Å². The first-order valence-electron chi connectivity index (χ1n) is 5.27. The summed E-state index contributed by atoms with van der Waals surface area (Å²) in [6.07, 6.45) is 2.25. The molecule has 1 aliphatic rings. The molecule has 0 amide bonds. The molecule has 1 aliphatic heterocycles. The summed E-state index contributed by atoms with van der Waals surface area (Å²) in [5.41, 5.74) is 5.67.